The summed E-state index contributed by atoms with van der Waals surface area (Å²) in [4.78, 5) is 23.5. The molecule has 0 saturated carbocycles. The summed E-state index contributed by atoms with van der Waals surface area (Å²) in [7, 11) is 3.92. The van der Waals surface area contributed by atoms with Gasteiger partial charge in [0.05, 0.1) is 11.1 Å². The molecule has 0 aliphatic rings. The zero-order chi connectivity index (χ0) is 15.2. The molecule has 0 bridgehead atoms. The Morgan fingerprint density at radius 2 is 1.10 bits per heavy atom. The number of carbonyl (C=O) groups is 2. The Bertz CT molecular complexity index is 615. The second-order valence-electron chi connectivity index (χ2n) is 3.84. The van der Waals surface area contributed by atoms with Gasteiger partial charge in [0.1, 0.15) is 0 Å². The van der Waals surface area contributed by atoms with Crippen molar-refractivity contribution in [1.29, 1.82) is 0 Å². The molecule has 0 aliphatic heterocycles. The third-order valence-corrected chi connectivity index (χ3v) is 6.40. The van der Waals surface area contributed by atoms with Crippen molar-refractivity contribution in [1.82, 2.24) is 0 Å². The highest BCUT2D eigenvalue weighted by molar-refractivity contribution is 9.09. The van der Waals surface area contributed by atoms with Crippen LogP contribution in [0.25, 0.3) is 0 Å². The van der Waals surface area contributed by atoms with Crippen molar-refractivity contribution >= 4 is 43.4 Å². The fourth-order valence-corrected chi connectivity index (χ4v) is 5.50. The molecule has 0 spiro atoms. The van der Waals surface area contributed by atoms with E-state index in [-0.39, 0.29) is 11.1 Å². The van der Waals surface area contributed by atoms with E-state index in [4.69, 9.17) is 10.2 Å². The van der Waals surface area contributed by atoms with Crippen molar-refractivity contribution in [3.05, 3.63) is 59.7 Å². The molecule has 0 radical (unpaired) electrons. The van der Waals surface area contributed by atoms with Gasteiger partial charge in [-0.3, -0.25) is 0 Å². The summed E-state index contributed by atoms with van der Waals surface area (Å²) in [6, 6.07) is 13.4. The predicted octanol–water partition coefficient (Wildman–Crippen LogP) is 4.53. The SMILES string of the molecule is O=C(O)c1ccccc1SSSc1ccccc1C(=O)O. The van der Waals surface area contributed by atoms with Gasteiger partial charge < -0.3 is 10.2 Å². The minimum atomic E-state index is -0.977. The van der Waals surface area contributed by atoms with Crippen LogP contribution < -0.4 is 0 Å². The first kappa shape index (κ1) is 15.8. The van der Waals surface area contributed by atoms with E-state index in [0.29, 0.717) is 9.79 Å². The van der Waals surface area contributed by atoms with Gasteiger partial charge in [-0.05, 0) is 55.7 Å². The van der Waals surface area contributed by atoms with Crippen LogP contribution in [-0.4, -0.2) is 22.2 Å². The summed E-state index contributed by atoms with van der Waals surface area (Å²) in [6.45, 7) is 0. The molecule has 2 rings (SSSR count). The highest BCUT2D eigenvalue weighted by Gasteiger charge is 2.12. The zero-order valence-electron chi connectivity index (χ0n) is 10.6. The van der Waals surface area contributed by atoms with Crippen LogP contribution in [0.4, 0.5) is 0 Å². The van der Waals surface area contributed by atoms with Gasteiger partial charge in [-0.15, -0.1) is 0 Å². The summed E-state index contributed by atoms with van der Waals surface area (Å²) in [5.41, 5.74) is 0.476. The minimum absolute atomic E-state index is 0.238. The number of rotatable bonds is 6. The first-order valence-electron chi connectivity index (χ1n) is 5.75. The Morgan fingerprint density at radius 3 is 1.48 bits per heavy atom. The summed E-state index contributed by atoms with van der Waals surface area (Å²) >= 11 is 0. The fraction of sp³-hybridized carbons (Fsp3) is 0. The topological polar surface area (TPSA) is 74.6 Å². The lowest BCUT2D eigenvalue weighted by molar-refractivity contribution is 0.0682. The number of benzene rings is 2. The molecule has 108 valence electrons. The number of carboxylic acids is 2. The quantitative estimate of drug-likeness (QED) is 0.749. The molecule has 2 N–H and O–H groups in total. The maximum absolute atomic E-state index is 11.1. The molecule has 0 unspecified atom stereocenters. The smallest absolute Gasteiger partial charge is 0.336 e. The summed E-state index contributed by atoms with van der Waals surface area (Å²) < 4.78 is 0. The lowest BCUT2D eigenvalue weighted by Gasteiger charge is -2.06. The Hall–Kier alpha value is -1.57. The van der Waals surface area contributed by atoms with Crippen LogP contribution in [0, 0.1) is 0 Å². The normalized spacial score (nSPS) is 10.3. The summed E-state index contributed by atoms with van der Waals surface area (Å²) in [6.07, 6.45) is 0. The average Bonchev–Trinajstić information content (AvgIpc) is 2.48. The molecule has 0 heterocycles. The molecule has 0 atom stereocenters. The van der Waals surface area contributed by atoms with Crippen LogP contribution in [0.2, 0.25) is 0 Å². The van der Waals surface area contributed by atoms with Crippen molar-refractivity contribution in [2.45, 2.75) is 9.79 Å². The van der Waals surface area contributed by atoms with E-state index in [1.54, 1.807) is 48.5 Å². The maximum atomic E-state index is 11.1. The Labute approximate surface area is 132 Å². The average molecular weight is 338 g/mol. The van der Waals surface area contributed by atoms with E-state index in [1.807, 2.05) is 0 Å². The molecule has 0 amide bonds. The van der Waals surface area contributed by atoms with E-state index < -0.39 is 11.9 Å². The lowest BCUT2D eigenvalue weighted by Crippen LogP contribution is -1.97. The highest BCUT2D eigenvalue weighted by Crippen LogP contribution is 2.46. The monoisotopic (exact) mass is 338 g/mol. The second kappa shape index (κ2) is 7.44. The van der Waals surface area contributed by atoms with Crippen molar-refractivity contribution < 1.29 is 19.8 Å². The molecule has 2 aromatic carbocycles. The highest BCUT2D eigenvalue weighted by atomic mass is 33.5. The Morgan fingerprint density at radius 1 is 0.714 bits per heavy atom. The molecule has 7 heteroatoms. The number of carboxylic acid groups (broad SMARTS) is 2. The van der Waals surface area contributed by atoms with E-state index in [0.717, 1.165) is 0 Å². The largest absolute Gasteiger partial charge is 0.478 e. The van der Waals surface area contributed by atoms with Gasteiger partial charge in [-0.1, -0.05) is 24.3 Å². The van der Waals surface area contributed by atoms with Crippen LogP contribution in [0.3, 0.4) is 0 Å². The van der Waals surface area contributed by atoms with Crippen LogP contribution in [-0.2, 0) is 0 Å². The number of hydrogen-bond donors (Lipinski definition) is 2. The van der Waals surface area contributed by atoms with Gasteiger partial charge in [0.15, 0.2) is 0 Å². The van der Waals surface area contributed by atoms with Gasteiger partial charge >= 0.3 is 11.9 Å². The van der Waals surface area contributed by atoms with Crippen LogP contribution in [0.15, 0.2) is 58.3 Å². The van der Waals surface area contributed by atoms with Crippen molar-refractivity contribution in [2.75, 3.05) is 0 Å². The van der Waals surface area contributed by atoms with Crippen molar-refractivity contribution in [3.8, 4) is 0 Å². The van der Waals surface area contributed by atoms with Gasteiger partial charge in [-0.25, -0.2) is 9.59 Å². The van der Waals surface area contributed by atoms with Crippen LogP contribution >= 0.6 is 31.4 Å². The fourth-order valence-electron chi connectivity index (χ4n) is 1.52. The molecule has 4 nitrogen and oxygen atoms in total. The third kappa shape index (κ3) is 4.20. The van der Waals surface area contributed by atoms with E-state index in [2.05, 4.69) is 0 Å². The zero-order valence-corrected chi connectivity index (χ0v) is 13.0. The van der Waals surface area contributed by atoms with E-state index in [1.165, 1.54) is 31.4 Å². The maximum Gasteiger partial charge on any atom is 0.336 e. The van der Waals surface area contributed by atoms with Gasteiger partial charge in [0.2, 0.25) is 0 Å². The first-order valence-corrected chi connectivity index (χ1v) is 9.23. The van der Waals surface area contributed by atoms with E-state index in [9.17, 15) is 9.59 Å². The number of hydrogen-bond acceptors (Lipinski definition) is 5. The molecule has 0 saturated heterocycles. The van der Waals surface area contributed by atoms with Crippen LogP contribution in [0.1, 0.15) is 20.7 Å². The summed E-state index contributed by atoms with van der Waals surface area (Å²) in [5, 5.41) is 18.2. The Kier molecular flexibility index (Phi) is 5.60. The minimum Gasteiger partial charge on any atom is -0.478 e. The molecular weight excluding hydrogens is 328 g/mol. The first-order chi connectivity index (χ1) is 10.1. The second-order valence-corrected chi connectivity index (χ2v) is 7.82. The van der Waals surface area contributed by atoms with E-state index >= 15 is 0 Å². The molecule has 2 aromatic rings. The van der Waals surface area contributed by atoms with Gasteiger partial charge in [-0.2, -0.15) is 0 Å². The van der Waals surface area contributed by atoms with Crippen molar-refractivity contribution in [2.24, 2.45) is 0 Å². The summed E-state index contributed by atoms with van der Waals surface area (Å²) in [5.74, 6) is -1.95. The predicted molar refractivity (Wildman–Crippen MR) is 86.1 cm³/mol. The van der Waals surface area contributed by atoms with Crippen molar-refractivity contribution in [3.63, 3.8) is 0 Å². The molecule has 0 fully saturated rings. The third-order valence-electron chi connectivity index (χ3n) is 2.48. The molecule has 21 heavy (non-hydrogen) atoms. The van der Waals surface area contributed by atoms with Crippen LogP contribution in [0.5, 0.6) is 0 Å². The molecule has 0 aliphatic carbocycles. The molecule has 0 aromatic heterocycles. The number of aromatic carboxylic acids is 2. The lowest BCUT2D eigenvalue weighted by atomic mass is 10.2. The standard InChI is InChI=1S/C14H10O4S3/c15-13(16)9-5-1-3-7-11(9)19-21-20-12-8-4-2-6-10(12)14(17)18/h1-8H,(H,15,16)(H,17,18). The van der Waals surface area contributed by atoms with Gasteiger partial charge in [0, 0.05) is 9.79 Å². The Balaban J connectivity index is 2.06. The van der Waals surface area contributed by atoms with Gasteiger partial charge in [0.25, 0.3) is 0 Å². The molecular formula is C14H10O4S3.